The first kappa shape index (κ1) is 14.8. The Balaban J connectivity index is 1.78. The number of hydrogen-bond donors (Lipinski definition) is 0. The Hall–Kier alpha value is -2.17. The van der Waals surface area contributed by atoms with E-state index >= 15 is 0 Å². The number of hydrogen-bond acceptors (Lipinski definition) is 7. The molecule has 22 heavy (non-hydrogen) atoms. The van der Waals surface area contributed by atoms with Crippen molar-refractivity contribution in [2.24, 2.45) is 0 Å². The molecule has 0 saturated carbocycles. The van der Waals surface area contributed by atoms with Crippen molar-refractivity contribution >= 4 is 23.1 Å². The average molecular weight is 328 g/mol. The number of thioether (sulfide) groups is 1. The standard InChI is InChI=1S/C15H12N4OS2/c1-9-12(6-16)15(18-10(2)17-9)22-8-11-7-20-14(19-11)13-4-3-5-21-13/h3-5,7H,8H2,1-2H3. The largest absolute Gasteiger partial charge is 0.444 e. The van der Waals surface area contributed by atoms with Gasteiger partial charge >= 0.3 is 0 Å². The summed E-state index contributed by atoms with van der Waals surface area (Å²) in [5, 5.41) is 11.9. The zero-order valence-corrected chi connectivity index (χ0v) is 13.7. The van der Waals surface area contributed by atoms with Gasteiger partial charge in [0.2, 0.25) is 5.89 Å². The SMILES string of the molecule is Cc1nc(C)c(C#N)c(SCc2coc(-c3cccs3)n2)n1. The summed E-state index contributed by atoms with van der Waals surface area (Å²) in [6.07, 6.45) is 1.65. The van der Waals surface area contributed by atoms with Crippen LogP contribution in [0.1, 0.15) is 22.8 Å². The summed E-state index contributed by atoms with van der Waals surface area (Å²) in [7, 11) is 0. The van der Waals surface area contributed by atoms with Crippen LogP contribution >= 0.6 is 23.1 Å². The summed E-state index contributed by atoms with van der Waals surface area (Å²) in [4.78, 5) is 14.0. The molecular weight excluding hydrogens is 316 g/mol. The molecule has 0 aliphatic heterocycles. The van der Waals surface area contributed by atoms with E-state index in [-0.39, 0.29) is 0 Å². The summed E-state index contributed by atoms with van der Waals surface area (Å²) in [6, 6.07) is 6.10. The predicted molar refractivity (Wildman–Crippen MR) is 85.6 cm³/mol. The van der Waals surface area contributed by atoms with Gasteiger partial charge in [0.1, 0.15) is 28.7 Å². The van der Waals surface area contributed by atoms with E-state index in [0.29, 0.717) is 33.8 Å². The summed E-state index contributed by atoms with van der Waals surface area (Å²) < 4.78 is 5.49. The third kappa shape index (κ3) is 3.03. The molecule has 0 amide bonds. The van der Waals surface area contributed by atoms with Gasteiger partial charge in [0.05, 0.1) is 16.3 Å². The second-order valence-corrected chi connectivity index (χ2v) is 6.47. The van der Waals surface area contributed by atoms with Gasteiger partial charge in [-0.25, -0.2) is 15.0 Å². The molecule has 3 aromatic heterocycles. The monoisotopic (exact) mass is 328 g/mol. The molecule has 0 aliphatic rings. The fourth-order valence-corrected chi connectivity index (χ4v) is 3.55. The van der Waals surface area contributed by atoms with E-state index in [9.17, 15) is 5.26 Å². The first-order valence-electron chi connectivity index (χ1n) is 6.54. The minimum atomic E-state index is 0.526. The van der Waals surface area contributed by atoms with Crippen LogP contribution in [-0.2, 0) is 5.75 Å². The molecule has 3 heterocycles. The Bertz CT molecular complexity index is 834. The zero-order chi connectivity index (χ0) is 15.5. The van der Waals surface area contributed by atoms with Crippen LogP contribution in [0.2, 0.25) is 0 Å². The molecule has 5 nitrogen and oxygen atoms in total. The molecule has 0 bridgehead atoms. The molecule has 7 heteroatoms. The zero-order valence-electron chi connectivity index (χ0n) is 12.0. The smallest absolute Gasteiger partial charge is 0.236 e. The van der Waals surface area contributed by atoms with Crippen molar-refractivity contribution in [3.05, 3.63) is 46.6 Å². The van der Waals surface area contributed by atoms with Crippen molar-refractivity contribution in [3.63, 3.8) is 0 Å². The number of aryl methyl sites for hydroxylation is 2. The van der Waals surface area contributed by atoms with Crippen molar-refractivity contribution < 1.29 is 4.42 Å². The van der Waals surface area contributed by atoms with Gasteiger partial charge in [-0.05, 0) is 25.3 Å². The van der Waals surface area contributed by atoms with E-state index in [4.69, 9.17) is 4.42 Å². The van der Waals surface area contributed by atoms with E-state index in [1.165, 1.54) is 11.8 Å². The van der Waals surface area contributed by atoms with Crippen LogP contribution in [0.5, 0.6) is 0 Å². The number of thiophene rings is 1. The molecule has 0 spiro atoms. The topological polar surface area (TPSA) is 75.6 Å². The maximum absolute atomic E-state index is 9.24. The minimum Gasteiger partial charge on any atom is -0.444 e. The number of rotatable bonds is 4. The lowest BCUT2D eigenvalue weighted by Crippen LogP contribution is -1.99. The van der Waals surface area contributed by atoms with Gasteiger partial charge in [-0.1, -0.05) is 17.8 Å². The summed E-state index contributed by atoms with van der Waals surface area (Å²) in [6.45, 7) is 3.64. The van der Waals surface area contributed by atoms with Gasteiger partial charge in [-0.2, -0.15) is 5.26 Å². The highest BCUT2D eigenvalue weighted by molar-refractivity contribution is 7.98. The fourth-order valence-electron chi connectivity index (χ4n) is 1.94. The first-order chi connectivity index (χ1) is 10.7. The molecule has 0 radical (unpaired) electrons. The van der Waals surface area contributed by atoms with Crippen molar-refractivity contribution in [2.75, 3.05) is 0 Å². The normalized spacial score (nSPS) is 10.6. The van der Waals surface area contributed by atoms with E-state index in [1.54, 1.807) is 17.6 Å². The molecule has 0 atom stereocenters. The van der Waals surface area contributed by atoms with Crippen LogP contribution in [0.4, 0.5) is 0 Å². The van der Waals surface area contributed by atoms with Crippen molar-refractivity contribution in [2.45, 2.75) is 24.6 Å². The van der Waals surface area contributed by atoms with E-state index in [0.717, 1.165) is 10.6 Å². The lowest BCUT2D eigenvalue weighted by atomic mass is 10.3. The third-order valence-electron chi connectivity index (χ3n) is 2.92. The summed E-state index contributed by atoms with van der Waals surface area (Å²) in [5.74, 6) is 1.89. The lowest BCUT2D eigenvalue weighted by molar-refractivity contribution is 0.575. The molecule has 110 valence electrons. The second-order valence-electron chi connectivity index (χ2n) is 4.56. The van der Waals surface area contributed by atoms with Crippen LogP contribution in [-0.4, -0.2) is 15.0 Å². The lowest BCUT2D eigenvalue weighted by Gasteiger charge is -2.05. The summed E-state index contributed by atoms with van der Waals surface area (Å²) >= 11 is 3.06. The molecule has 0 N–H and O–H groups in total. The predicted octanol–water partition coefficient (Wildman–Crippen LogP) is 3.97. The van der Waals surface area contributed by atoms with E-state index < -0.39 is 0 Å². The Labute approximate surface area is 136 Å². The quantitative estimate of drug-likeness (QED) is 0.533. The van der Waals surface area contributed by atoms with Crippen LogP contribution in [0.15, 0.2) is 33.2 Å². The molecular formula is C15H12N4OS2. The molecule has 0 fully saturated rings. The molecule has 3 aromatic rings. The Morgan fingerprint density at radius 3 is 2.91 bits per heavy atom. The van der Waals surface area contributed by atoms with Crippen molar-refractivity contribution in [1.82, 2.24) is 15.0 Å². The van der Waals surface area contributed by atoms with Crippen molar-refractivity contribution in [3.8, 4) is 16.8 Å². The van der Waals surface area contributed by atoms with Gasteiger partial charge in [0.25, 0.3) is 0 Å². The highest BCUT2D eigenvalue weighted by Crippen LogP contribution is 2.28. The van der Waals surface area contributed by atoms with Crippen LogP contribution in [0.25, 0.3) is 10.8 Å². The molecule has 0 aliphatic carbocycles. The molecule has 3 rings (SSSR count). The number of nitrogens with zero attached hydrogens (tertiary/aromatic N) is 4. The fraction of sp³-hybridized carbons (Fsp3) is 0.200. The highest BCUT2D eigenvalue weighted by Gasteiger charge is 2.13. The highest BCUT2D eigenvalue weighted by atomic mass is 32.2. The van der Waals surface area contributed by atoms with Gasteiger partial charge in [0, 0.05) is 5.75 Å². The number of oxazole rings is 1. The Kier molecular flexibility index (Phi) is 4.22. The second kappa shape index (κ2) is 6.30. The van der Waals surface area contributed by atoms with Gasteiger partial charge in [0.15, 0.2) is 0 Å². The number of aromatic nitrogens is 3. The average Bonchev–Trinajstić information content (AvgIpc) is 3.15. The Morgan fingerprint density at radius 1 is 1.32 bits per heavy atom. The summed E-state index contributed by atoms with van der Waals surface area (Å²) in [5.41, 5.74) is 2.06. The molecule has 0 unspecified atom stereocenters. The molecule has 0 aromatic carbocycles. The molecule has 0 saturated heterocycles. The number of nitriles is 1. The first-order valence-corrected chi connectivity index (χ1v) is 8.40. The van der Waals surface area contributed by atoms with Crippen LogP contribution in [0.3, 0.4) is 0 Å². The van der Waals surface area contributed by atoms with Crippen LogP contribution < -0.4 is 0 Å². The van der Waals surface area contributed by atoms with Crippen LogP contribution in [0, 0.1) is 25.2 Å². The Morgan fingerprint density at radius 2 is 2.18 bits per heavy atom. The maximum Gasteiger partial charge on any atom is 0.236 e. The van der Waals surface area contributed by atoms with E-state index in [2.05, 4.69) is 21.0 Å². The maximum atomic E-state index is 9.24. The minimum absolute atomic E-state index is 0.526. The van der Waals surface area contributed by atoms with Crippen molar-refractivity contribution in [1.29, 1.82) is 5.26 Å². The third-order valence-corrected chi connectivity index (χ3v) is 4.79. The van der Waals surface area contributed by atoms with Gasteiger partial charge < -0.3 is 4.42 Å². The van der Waals surface area contributed by atoms with E-state index in [1.807, 2.05) is 31.4 Å². The van der Waals surface area contributed by atoms with Gasteiger partial charge in [-0.3, -0.25) is 0 Å². The van der Waals surface area contributed by atoms with Gasteiger partial charge in [-0.15, -0.1) is 11.3 Å².